The second-order valence-electron chi connectivity index (χ2n) is 3.27. The highest BCUT2D eigenvalue weighted by Gasteiger charge is 2.65. The van der Waals surface area contributed by atoms with Gasteiger partial charge in [-0.25, -0.2) is 8.78 Å². The largest absolute Gasteiger partial charge is 0.303 e. The minimum atomic E-state index is -2.43. The first-order valence-electron chi connectivity index (χ1n) is 3.48. The van der Waals surface area contributed by atoms with Crippen LogP contribution in [-0.2, 0) is 4.79 Å². The maximum atomic E-state index is 12.3. The molecule has 2 saturated carbocycles. The molecule has 1 nitrogen and oxygen atoms in total. The average molecular weight is 146 g/mol. The second kappa shape index (κ2) is 1.57. The number of hydrogen-bond donors (Lipinski definition) is 0. The van der Waals surface area contributed by atoms with E-state index in [-0.39, 0.29) is 18.3 Å². The van der Waals surface area contributed by atoms with E-state index in [0.29, 0.717) is 6.42 Å². The molecule has 0 bridgehead atoms. The van der Waals surface area contributed by atoms with Gasteiger partial charge >= 0.3 is 0 Å². The number of rotatable bonds is 2. The number of carbonyl (C=O) groups is 1. The van der Waals surface area contributed by atoms with E-state index in [1.807, 2.05) is 0 Å². The first-order valence-corrected chi connectivity index (χ1v) is 3.48. The maximum Gasteiger partial charge on any atom is 0.251 e. The van der Waals surface area contributed by atoms with Crippen LogP contribution in [0.2, 0.25) is 0 Å². The zero-order chi connectivity index (χ0) is 7.35. The van der Waals surface area contributed by atoms with E-state index >= 15 is 0 Å². The van der Waals surface area contributed by atoms with E-state index in [2.05, 4.69) is 0 Å². The Morgan fingerprint density at radius 1 is 1.50 bits per heavy atom. The Kier molecular flexibility index (Phi) is 0.984. The Hall–Kier alpha value is -0.470. The van der Waals surface area contributed by atoms with Gasteiger partial charge in [0.25, 0.3) is 5.92 Å². The van der Waals surface area contributed by atoms with Gasteiger partial charge in [-0.1, -0.05) is 0 Å². The monoisotopic (exact) mass is 146 g/mol. The topological polar surface area (TPSA) is 17.1 Å². The summed E-state index contributed by atoms with van der Waals surface area (Å²) in [7, 11) is 0. The summed E-state index contributed by atoms with van der Waals surface area (Å²) in [6.07, 6.45) is 1.52. The first kappa shape index (κ1) is 6.25. The van der Waals surface area contributed by atoms with E-state index in [9.17, 15) is 13.6 Å². The predicted octanol–water partition coefficient (Wildman–Crippen LogP) is 1.48. The molecule has 0 radical (unpaired) electrons. The van der Waals surface area contributed by atoms with Crippen molar-refractivity contribution in [2.24, 2.45) is 17.8 Å². The molecule has 0 spiro atoms. The molecule has 0 aliphatic heterocycles. The van der Waals surface area contributed by atoms with Crippen LogP contribution in [0.3, 0.4) is 0 Å². The van der Waals surface area contributed by atoms with Crippen molar-refractivity contribution < 1.29 is 13.6 Å². The van der Waals surface area contributed by atoms with Gasteiger partial charge in [0, 0.05) is 18.3 Å². The van der Waals surface area contributed by atoms with Gasteiger partial charge in [-0.3, -0.25) is 0 Å². The fourth-order valence-electron chi connectivity index (χ4n) is 1.55. The summed E-state index contributed by atoms with van der Waals surface area (Å²) in [5, 5.41) is 0. The van der Waals surface area contributed by atoms with Gasteiger partial charge in [-0.2, -0.15) is 0 Å². The molecule has 2 aliphatic carbocycles. The Morgan fingerprint density at radius 2 is 2.10 bits per heavy atom. The highest BCUT2D eigenvalue weighted by molar-refractivity contribution is 5.58. The molecule has 0 aromatic heterocycles. The van der Waals surface area contributed by atoms with E-state index in [0.717, 1.165) is 6.29 Å². The van der Waals surface area contributed by atoms with Crippen molar-refractivity contribution in [1.82, 2.24) is 0 Å². The van der Waals surface area contributed by atoms with Crippen LogP contribution in [0.5, 0.6) is 0 Å². The summed E-state index contributed by atoms with van der Waals surface area (Å²) < 4.78 is 24.6. The normalized spacial score (nSPS) is 48.4. The highest BCUT2D eigenvalue weighted by Crippen LogP contribution is 2.62. The third kappa shape index (κ3) is 0.762. The van der Waals surface area contributed by atoms with E-state index in [1.54, 1.807) is 0 Å². The maximum absolute atomic E-state index is 12.3. The Morgan fingerprint density at radius 3 is 2.40 bits per heavy atom. The molecule has 0 saturated heterocycles. The number of hydrogen-bond acceptors (Lipinski definition) is 1. The number of aldehydes is 1. The molecule has 56 valence electrons. The molecule has 2 aliphatic rings. The molecule has 0 unspecified atom stereocenters. The highest BCUT2D eigenvalue weighted by atomic mass is 19.3. The summed E-state index contributed by atoms with van der Waals surface area (Å²) >= 11 is 0. The first-order chi connectivity index (χ1) is 4.65. The molecule has 0 amide bonds. The van der Waals surface area contributed by atoms with Crippen LogP contribution in [0.15, 0.2) is 0 Å². The summed E-state index contributed by atoms with van der Waals surface area (Å²) in [6.45, 7) is 0. The lowest BCUT2D eigenvalue weighted by atomic mass is 10.2. The molecule has 0 aromatic carbocycles. The van der Waals surface area contributed by atoms with E-state index in [4.69, 9.17) is 0 Å². The lowest BCUT2D eigenvalue weighted by Crippen LogP contribution is -1.97. The molecule has 3 atom stereocenters. The summed E-state index contributed by atoms with van der Waals surface area (Å²) in [5.74, 6) is -2.91. The number of halogens is 2. The van der Waals surface area contributed by atoms with Crippen LogP contribution in [-0.4, -0.2) is 12.2 Å². The minimum Gasteiger partial charge on any atom is -0.303 e. The van der Waals surface area contributed by atoms with Crippen molar-refractivity contribution in [2.75, 3.05) is 0 Å². The standard InChI is InChI=1S/C7H8F2O/c8-7(9)2-6(7)5-1-4(5)3-10/h3-6H,1-2H2/t4-,5+,6+/m0/s1. The average Bonchev–Trinajstić information content (AvgIpc) is 2.66. The molecule has 2 fully saturated rings. The smallest absolute Gasteiger partial charge is 0.251 e. The van der Waals surface area contributed by atoms with Crippen LogP contribution < -0.4 is 0 Å². The quantitative estimate of drug-likeness (QED) is 0.539. The van der Waals surface area contributed by atoms with Crippen molar-refractivity contribution in [3.8, 4) is 0 Å². The molecular weight excluding hydrogens is 138 g/mol. The lowest BCUT2D eigenvalue weighted by molar-refractivity contribution is -0.109. The Balaban J connectivity index is 1.90. The second-order valence-corrected chi connectivity index (χ2v) is 3.27. The fraction of sp³-hybridized carbons (Fsp3) is 0.857. The van der Waals surface area contributed by atoms with Gasteiger partial charge in [0.15, 0.2) is 0 Å². The van der Waals surface area contributed by atoms with Crippen molar-refractivity contribution >= 4 is 6.29 Å². The summed E-state index contributed by atoms with van der Waals surface area (Å²) in [6, 6.07) is 0. The zero-order valence-electron chi connectivity index (χ0n) is 5.39. The van der Waals surface area contributed by atoms with Gasteiger partial charge < -0.3 is 4.79 Å². The minimum absolute atomic E-state index is 0.0159. The van der Waals surface area contributed by atoms with Gasteiger partial charge in [0.2, 0.25) is 0 Å². The molecular formula is C7H8F2O. The van der Waals surface area contributed by atoms with Crippen molar-refractivity contribution in [2.45, 2.75) is 18.8 Å². The fourth-order valence-corrected chi connectivity index (χ4v) is 1.55. The number of carbonyl (C=O) groups excluding carboxylic acids is 1. The van der Waals surface area contributed by atoms with Gasteiger partial charge in [0.05, 0.1) is 0 Å². The van der Waals surface area contributed by atoms with Crippen molar-refractivity contribution in [3.63, 3.8) is 0 Å². The molecule has 0 aromatic rings. The third-order valence-electron chi connectivity index (χ3n) is 2.46. The van der Waals surface area contributed by atoms with Crippen molar-refractivity contribution in [1.29, 1.82) is 0 Å². The molecule has 0 N–H and O–H groups in total. The van der Waals surface area contributed by atoms with E-state index < -0.39 is 11.8 Å². The molecule has 3 heteroatoms. The predicted molar refractivity (Wildman–Crippen MR) is 30.7 cm³/mol. The van der Waals surface area contributed by atoms with Crippen LogP contribution in [0.25, 0.3) is 0 Å². The lowest BCUT2D eigenvalue weighted by Gasteiger charge is -1.91. The SMILES string of the molecule is O=C[C@@H]1C[C@H]1[C@H]1CC1(F)F. The summed E-state index contributed by atoms with van der Waals surface area (Å²) in [5.41, 5.74) is 0. The van der Waals surface area contributed by atoms with Crippen LogP contribution in [0.1, 0.15) is 12.8 Å². The number of alkyl halides is 2. The molecule has 0 heterocycles. The third-order valence-corrected chi connectivity index (χ3v) is 2.46. The molecule has 2 rings (SSSR count). The van der Waals surface area contributed by atoms with Gasteiger partial charge in [-0.15, -0.1) is 0 Å². The van der Waals surface area contributed by atoms with E-state index in [1.165, 1.54) is 0 Å². The Bertz CT molecular complexity index is 178. The van der Waals surface area contributed by atoms with Gasteiger partial charge in [0.1, 0.15) is 6.29 Å². The zero-order valence-corrected chi connectivity index (χ0v) is 5.39. The molecule has 10 heavy (non-hydrogen) atoms. The summed E-state index contributed by atoms with van der Waals surface area (Å²) in [4.78, 5) is 10.1. The van der Waals surface area contributed by atoms with Crippen LogP contribution in [0, 0.1) is 17.8 Å². The van der Waals surface area contributed by atoms with Crippen LogP contribution in [0.4, 0.5) is 8.78 Å². The van der Waals surface area contributed by atoms with Crippen LogP contribution >= 0.6 is 0 Å². The van der Waals surface area contributed by atoms with Gasteiger partial charge in [-0.05, 0) is 12.3 Å². The Labute approximate surface area is 57.4 Å². The van der Waals surface area contributed by atoms with Crippen molar-refractivity contribution in [3.05, 3.63) is 0 Å².